The molecule has 1 aliphatic rings. The van der Waals surface area contributed by atoms with E-state index in [1.807, 2.05) is 11.9 Å². The predicted octanol–water partition coefficient (Wildman–Crippen LogP) is 2.20. The van der Waals surface area contributed by atoms with Crippen molar-refractivity contribution in [2.45, 2.75) is 58.6 Å². The van der Waals surface area contributed by atoms with Gasteiger partial charge in [-0.25, -0.2) is 0 Å². The van der Waals surface area contributed by atoms with Crippen LogP contribution >= 0.6 is 12.4 Å². The van der Waals surface area contributed by atoms with E-state index in [0.717, 1.165) is 25.9 Å². The van der Waals surface area contributed by atoms with Crippen LogP contribution in [0.3, 0.4) is 0 Å². The van der Waals surface area contributed by atoms with Gasteiger partial charge >= 0.3 is 0 Å². The Labute approximate surface area is 123 Å². The molecule has 0 aromatic rings. The third kappa shape index (κ3) is 4.33. The van der Waals surface area contributed by atoms with Crippen molar-refractivity contribution in [3.05, 3.63) is 0 Å². The molecule has 0 spiro atoms. The monoisotopic (exact) mass is 292 g/mol. The first-order chi connectivity index (χ1) is 8.45. The number of carbonyl (C=O) groups excluding carboxylic acids is 1. The van der Waals surface area contributed by atoms with Crippen molar-refractivity contribution in [3.63, 3.8) is 0 Å². The molecule has 1 amide bonds. The lowest BCUT2D eigenvalue weighted by Crippen LogP contribution is -2.62. The van der Waals surface area contributed by atoms with E-state index in [1.54, 1.807) is 0 Å². The molecule has 0 aromatic carbocycles. The van der Waals surface area contributed by atoms with Crippen LogP contribution in [0.5, 0.6) is 0 Å². The number of halogens is 1. The maximum atomic E-state index is 11.8. The third-order valence-electron chi connectivity index (χ3n) is 4.16. The number of ether oxygens (including phenoxy) is 1. The standard InChI is InChI=1S/C14H28N2O2.ClH/c1-5-6-9-18-12-10-11(14(12,2)3)16(4)13(17)7-8-15;/h11-12H,5-10,15H2,1-4H3;1H. The molecule has 0 aliphatic heterocycles. The van der Waals surface area contributed by atoms with Crippen LogP contribution in [-0.4, -0.2) is 43.2 Å². The van der Waals surface area contributed by atoms with Crippen molar-refractivity contribution in [1.82, 2.24) is 4.90 Å². The van der Waals surface area contributed by atoms with Gasteiger partial charge in [0.15, 0.2) is 0 Å². The highest BCUT2D eigenvalue weighted by Crippen LogP contribution is 2.45. The molecule has 0 bridgehead atoms. The number of amides is 1. The van der Waals surface area contributed by atoms with Crippen molar-refractivity contribution >= 4 is 18.3 Å². The molecule has 19 heavy (non-hydrogen) atoms. The Hall–Kier alpha value is -0.320. The van der Waals surface area contributed by atoms with Gasteiger partial charge in [0, 0.05) is 38.1 Å². The SMILES string of the molecule is CCCCOC1CC(N(C)C(=O)CCN)C1(C)C.Cl. The molecule has 0 heterocycles. The lowest BCUT2D eigenvalue weighted by molar-refractivity contribution is -0.164. The van der Waals surface area contributed by atoms with Crippen LogP contribution in [0.4, 0.5) is 0 Å². The summed E-state index contributed by atoms with van der Waals surface area (Å²) in [5.74, 6) is 0.141. The summed E-state index contributed by atoms with van der Waals surface area (Å²) in [5.41, 5.74) is 5.48. The van der Waals surface area contributed by atoms with Crippen LogP contribution < -0.4 is 5.73 Å². The van der Waals surface area contributed by atoms with E-state index in [0.29, 0.717) is 13.0 Å². The van der Waals surface area contributed by atoms with Crippen molar-refractivity contribution in [2.24, 2.45) is 11.1 Å². The van der Waals surface area contributed by atoms with Crippen LogP contribution in [0.1, 0.15) is 46.5 Å². The highest BCUT2D eigenvalue weighted by molar-refractivity contribution is 5.85. The highest BCUT2D eigenvalue weighted by atomic mass is 35.5. The van der Waals surface area contributed by atoms with E-state index in [2.05, 4.69) is 20.8 Å². The molecule has 2 N–H and O–H groups in total. The number of rotatable bonds is 7. The van der Waals surface area contributed by atoms with Crippen LogP contribution in [0.2, 0.25) is 0 Å². The Balaban J connectivity index is 0.00000324. The normalized spacial score (nSPS) is 24.3. The Morgan fingerprint density at radius 3 is 2.58 bits per heavy atom. The summed E-state index contributed by atoms with van der Waals surface area (Å²) in [6.45, 7) is 7.79. The summed E-state index contributed by atoms with van der Waals surface area (Å²) in [4.78, 5) is 13.7. The highest BCUT2D eigenvalue weighted by Gasteiger charge is 2.51. The molecular weight excluding hydrogens is 264 g/mol. The quantitative estimate of drug-likeness (QED) is 0.732. The van der Waals surface area contributed by atoms with Gasteiger partial charge in [0.2, 0.25) is 5.91 Å². The molecule has 1 saturated carbocycles. The van der Waals surface area contributed by atoms with Crippen LogP contribution in [0, 0.1) is 5.41 Å². The van der Waals surface area contributed by atoms with Gasteiger partial charge in [-0.1, -0.05) is 27.2 Å². The zero-order chi connectivity index (χ0) is 13.8. The predicted molar refractivity (Wildman–Crippen MR) is 80.5 cm³/mol. The van der Waals surface area contributed by atoms with Gasteiger partial charge in [0.25, 0.3) is 0 Å². The molecule has 0 aromatic heterocycles. The molecule has 2 atom stereocenters. The summed E-state index contributed by atoms with van der Waals surface area (Å²) >= 11 is 0. The number of unbranched alkanes of at least 4 members (excludes halogenated alkanes) is 1. The Bertz CT molecular complexity index is 285. The molecule has 1 rings (SSSR count). The number of hydrogen-bond acceptors (Lipinski definition) is 3. The lowest BCUT2D eigenvalue weighted by atomic mass is 9.63. The largest absolute Gasteiger partial charge is 0.378 e. The van der Waals surface area contributed by atoms with E-state index in [4.69, 9.17) is 10.5 Å². The molecule has 4 nitrogen and oxygen atoms in total. The summed E-state index contributed by atoms with van der Waals surface area (Å²) in [6.07, 6.45) is 3.93. The Kier molecular flexibility index (Phi) is 7.94. The van der Waals surface area contributed by atoms with Crippen LogP contribution in [0.25, 0.3) is 0 Å². The minimum atomic E-state index is 0. The van der Waals surface area contributed by atoms with Crippen LogP contribution in [-0.2, 0) is 9.53 Å². The molecular formula is C14H29ClN2O2. The van der Waals surface area contributed by atoms with Crippen LogP contribution in [0.15, 0.2) is 0 Å². The zero-order valence-electron chi connectivity index (χ0n) is 12.6. The molecule has 5 heteroatoms. The summed E-state index contributed by atoms with van der Waals surface area (Å²) in [5, 5.41) is 0. The van der Waals surface area contributed by atoms with E-state index in [9.17, 15) is 4.79 Å². The fraction of sp³-hybridized carbons (Fsp3) is 0.929. The average molecular weight is 293 g/mol. The van der Waals surface area contributed by atoms with Crippen molar-refractivity contribution in [1.29, 1.82) is 0 Å². The second-order valence-corrected chi connectivity index (χ2v) is 5.83. The second kappa shape index (κ2) is 8.08. The fourth-order valence-corrected chi connectivity index (χ4v) is 2.65. The van der Waals surface area contributed by atoms with Gasteiger partial charge in [-0.05, 0) is 12.8 Å². The maximum absolute atomic E-state index is 11.8. The summed E-state index contributed by atoms with van der Waals surface area (Å²) in [6, 6.07) is 0.281. The molecule has 114 valence electrons. The third-order valence-corrected chi connectivity index (χ3v) is 4.16. The first-order valence-corrected chi connectivity index (χ1v) is 7.02. The molecule has 1 aliphatic carbocycles. The summed E-state index contributed by atoms with van der Waals surface area (Å²) in [7, 11) is 1.88. The van der Waals surface area contributed by atoms with Crippen molar-refractivity contribution in [3.8, 4) is 0 Å². The lowest BCUT2D eigenvalue weighted by Gasteiger charge is -2.55. The maximum Gasteiger partial charge on any atom is 0.223 e. The Morgan fingerprint density at radius 2 is 2.11 bits per heavy atom. The van der Waals surface area contributed by atoms with E-state index in [1.165, 1.54) is 0 Å². The molecule has 0 radical (unpaired) electrons. The number of nitrogens with two attached hydrogens (primary N) is 1. The smallest absolute Gasteiger partial charge is 0.223 e. The van der Waals surface area contributed by atoms with E-state index in [-0.39, 0.29) is 35.9 Å². The first kappa shape index (κ1) is 18.7. The molecule has 2 unspecified atom stereocenters. The first-order valence-electron chi connectivity index (χ1n) is 7.02. The van der Waals surface area contributed by atoms with Gasteiger partial charge in [-0.2, -0.15) is 0 Å². The van der Waals surface area contributed by atoms with Crippen molar-refractivity contribution in [2.75, 3.05) is 20.2 Å². The van der Waals surface area contributed by atoms with Gasteiger partial charge in [-0.15, -0.1) is 12.4 Å². The minimum Gasteiger partial charge on any atom is -0.378 e. The topological polar surface area (TPSA) is 55.6 Å². The van der Waals surface area contributed by atoms with Gasteiger partial charge < -0.3 is 15.4 Å². The number of nitrogens with zero attached hydrogens (tertiary/aromatic N) is 1. The fourth-order valence-electron chi connectivity index (χ4n) is 2.65. The molecule has 0 saturated heterocycles. The zero-order valence-corrected chi connectivity index (χ0v) is 13.5. The second-order valence-electron chi connectivity index (χ2n) is 5.83. The van der Waals surface area contributed by atoms with E-state index >= 15 is 0 Å². The van der Waals surface area contributed by atoms with Crippen molar-refractivity contribution < 1.29 is 9.53 Å². The van der Waals surface area contributed by atoms with Gasteiger partial charge in [0.1, 0.15) is 0 Å². The molecule has 1 fully saturated rings. The van der Waals surface area contributed by atoms with Gasteiger partial charge in [-0.3, -0.25) is 4.79 Å². The number of hydrogen-bond donors (Lipinski definition) is 1. The van der Waals surface area contributed by atoms with Gasteiger partial charge in [0.05, 0.1) is 6.10 Å². The Morgan fingerprint density at radius 1 is 1.47 bits per heavy atom. The average Bonchev–Trinajstić information content (AvgIpc) is 2.32. The summed E-state index contributed by atoms with van der Waals surface area (Å²) < 4.78 is 5.89. The number of carbonyl (C=O) groups is 1. The minimum absolute atomic E-state index is 0. The van der Waals surface area contributed by atoms with E-state index < -0.39 is 0 Å².